The maximum atomic E-state index is 13.1. The van der Waals surface area contributed by atoms with Gasteiger partial charge >= 0.3 is 0 Å². The lowest BCUT2D eigenvalue weighted by Gasteiger charge is -2.10. The van der Waals surface area contributed by atoms with Crippen LogP contribution in [0.2, 0.25) is 0 Å². The first kappa shape index (κ1) is 23.3. The van der Waals surface area contributed by atoms with Gasteiger partial charge in [-0.05, 0) is 54.4 Å². The summed E-state index contributed by atoms with van der Waals surface area (Å²) < 4.78 is 8.85. The number of aromatic nitrogens is 4. The van der Waals surface area contributed by atoms with Crippen LogP contribution in [-0.2, 0) is 13.1 Å². The minimum Gasteiger partial charge on any atom is -0.491 e. The summed E-state index contributed by atoms with van der Waals surface area (Å²) in [5.41, 5.74) is 1.95. The summed E-state index contributed by atoms with van der Waals surface area (Å²) >= 11 is 0. The van der Waals surface area contributed by atoms with Gasteiger partial charge in [0.15, 0.2) is 5.65 Å². The Balaban J connectivity index is 1.26. The summed E-state index contributed by atoms with van der Waals surface area (Å²) in [4.78, 5) is 30.1. The molecule has 1 N–H and O–H groups in total. The van der Waals surface area contributed by atoms with E-state index in [2.05, 4.69) is 33.6 Å². The third kappa shape index (κ3) is 4.84. The zero-order chi connectivity index (χ0) is 25.1. The molecule has 36 heavy (non-hydrogen) atoms. The summed E-state index contributed by atoms with van der Waals surface area (Å²) in [7, 11) is 0. The molecule has 0 spiro atoms. The van der Waals surface area contributed by atoms with Crippen LogP contribution in [0.3, 0.4) is 0 Å². The van der Waals surface area contributed by atoms with E-state index in [1.165, 1.54) is 0 Å². The van der Waals surface area contributed by atoms with E-state index in [9.17, 15) is 9.59 Å². The molecule has 0 aliphatic heterocycles. The molecule has 1 amide bonds. The van der Waals surface area contributed by atoms with Gasteiger partial charge in [0.1, 0.15) is 17.5 Å². The summed E-state index contributed by atoms with van der Waals surface area (Å²) in [6.45, 7) is 5.07. The van der Waals surface area contributed by atoms with Crippen LogP contribution in [0, 0.1) is 0 Å². The van der Waals surface area contributed by atoms with Crippen molar-refractivity contribution in [2.75, 3.05) is 6.54 Å². The number of nitrogens with zero attached hydrogens (tertiary/aromatic N) is 4. The van der Waals surface area contributed by atoms with Crippen LogP contribution >= 0.6 is 0 Å². The van der Waals surface area contributed by atoms with Crippen LogP contribution in [0.4, 0.5) is 0 Å². The third-order valence-electron chi connectivity index (χ3n) is 5.94. The van der Waals surface area contributed by atoms with Crippen LogP contribution < -0.4 is 15.6 Å². The van der Waals surface area contributed by atoms with Gasteiger partial charge in [-0.2, -0.15) is 5.10 Å². The van der Waals surface area contributed by atoms with E-state index in [4.69, 9.17) is 4.74 Å². The van der Waals surface area contributed by atoms with Crippen LogP contribution in [0.5, 0.6) is 5.75 Å². The second kappa shape index (κ2) is 10.0. The second-order valence-electron chi connectivity index (χ2n) is 8.87. The maximum Gasteiger partial charge on any atom is 0.264 e. The van der Waals surface area contributed by atoms with Crippen molar-refractivity contribution in [3.63, 3.8) is 0 Å². The predicted molar refractivity (Wildman–Crippen MR) is 139 cm³/mol. The summed E-state index contributed by atoms with van der Waals surface area (Å²) in [5.74, 6) is 0.537. The Morgan fingerprint density at radius 2 is 1.78 bits per heavy atom. The molecule has 8 heteroatoms. The molecule has 5 aromatic rings. The topological polar surface area (TPSA) is 91.0 Å². The van der Waals surface area contributed by atoms with Crippen molar-refractivity contribution in [3.05, 3.63) is 101 Å². The number of benzene rings is 3. The Hall–Kier alpha value is -4.46. The van der Waals surface area contributed by atoms with E-state index in [1.807, 2.05) is 38.1 Å². The Morgan fingerprint density at radius 1 is 1.00 bits per heavy atom. The first-order chi connectivity index (χ1) is 17.5. The molecule has 2 aromatic heterocycles. The molecule has 0 atom stereocenters. The van der Waals surface area contributed by atoms with Gasteiger partial charge in [0.05, 0.1) is 25.4 Å². The molecular weight excluding hydrogens is 454 g/mol. The van der Waals surface area contributed by atoms with Gasteiger partial charge in [-0.15, -0.1) is 0 Å². The number of hydrogen-bond donors (Lipinski definition) is 1. The summed E-state index contributed by atoms with van der Waals surface area (Å²) in [6, 6.07) is 21.2. The lowest BCUT2D eigenvalue weighted by molar-refractivity contribution is 0.0952. The van der Waals surface area contributed by atoms with Crippen LogP contribution in [0.1, 0.15) is 29.8 Å². The van der Waals surface area contributed by atoms with E-state index in [-0.39, 0.29) is 17.6 Å². The maximum absolute atomic E-state index is 13.1. The Bertz CT molecular complexity index is 1580. The summed E-state index contributed by atoms with van der Waals surface area (Å²) in [6.07, 6.45) is 3.17. The van der Waals surface area contributed by atoms with Gasteiger partial charge in [-0.1, -0.05) is 42.5 Å². The zero-order valence-electron chi connectivity index (χ0n) is 20.2. The number of ether oxygens (including phenoxy) is 1. The number of hydrogen-bond acceptors (Lipinski definition) is 5. The molecule has 2 heterocycles. The van der Waals surface area contributed by atoms with E-state index < -0.39 is 0 Å². The normalized spacial score (nSPS) is 11.3. The number of nitrogens with one attached hydrogen (secondary N) is 1. The molecule has 0 bridgehead atoms. The first-order valence-electron chi connectivity index (χ1n) is 11.9. The monoisotopic (exact) mass is 481 g/mol. The molecule has 0 saturated heterocycles. The average Bonchev–Trinajstić information content (AvgIpc) is 3.29. The van der Waals surface area contributed by atoms with E-state index >= 15 is 0 Å². The smallest absolute Gasteiger partial charge is 0.264 e. The van der Waals surface area contributed by atoms with Gasteiger partial charge in [0, 0.05) is 12.1 Å². The lowest BCUT2D eigenvalue weighted by Crippen LogP contribution is -2.27. The zero-order valence-corrected chi connectivity index (χ0v) is 20.2. The van der Waals surface area contributed by atoms with E-state index in [0.29, 0.717) is 36.2 Å². The molecule has 182 valence electrons. The average molecular weight is 482 g/mol. The van der Waals surface area contributed by atoms with E-state index in [0.717, 1.165) is 22.1 Å². The van der Waals surface area contributed by atoms with Crippen LogP contribution in [0.15, 0.2) is 84.0 Å². The quantitative estimate of drug-likeness (QED) is 0.362. The van der Waals surface area contributed by atoms with Gasteiger partial charge in [0.25, 0.3) is 11.5 Å². The highest BCUT2D eigenvalue weighted by Gasteiger charge is 2.12. The highest BCUT2D eigenvalue weighted by atomic mass is 16.5. The first-order valence-corrected chi connectivity index (χ1v) is 11.9. The number of carbonyl (C=O) groups is 1. The lowest BCUT2D eigenvalue weighted by atomic mass is 10.0. The Kier molecular flexibility index (Phi) is 6.49. The van der Waals surface area contributed by atoms with Crippen molar-refractivity contribution in [2.45, 2.75) is 33.0 Å². The molecule has 5 rings (SSSR count). The number of rotatable bonds is 8. The minimum atomic E-state index is -0.187. The van der Waals surface area contributed by atoms with Gasteiger partial charge in [0.2, 0.25) is 0 Å². The molecule has 0 unspecified atom stereocenters. The second-order valence-corrected chi connectivity index (χ2v) is 8.87. The standard InChI is InChI=1S/C28H27N5O3/c1-19(2)36-23-12-10-21(11-13-23)27(34)29-14-15-33-26-25(16-31-33)28(35)32(18-30-26)17-22-8-5-7-20-6-3-4-9-24(20)22/h3-13,16,18-19H,14-15,17H2,1-2H3,(H,29,34). The highest BCUT2D eigenvalue weighted by molar-refractivity contribution is 5.94. The van der Waals surface area contributed by atoms with Gasteiger partial charge in [-0.25, -0.2) is 9.67 Å². The van der Waals surface area contributed by atoms with Crippen molar-refractivity contribution in [3.8, 4) is 5.75 Å². The Labute approximate surface area is 208 Å². The molecule has 3 aromatic carbocycles. The van der Waals surface area contributed by atoms with Crippen molar-refractivity contribution in [1.29, 1.82) is 0 Å². The molecule has 0 aliphatic carbocycles. The molecule has 0 saturated carbocycles. The summed E-state index contributed by atoms with van der Waals surface area (Å²) in [5, 5.41) is 9.91. The fourth-order valence-electron chi connectivity index (χ4n) is 4.22. The largest absolute Gasteiger partial charge is 0.491 e. The number of fused-ring (bicyclic) bond motifs is 2. The molecule has 0 radical (unpaired) electrons. The molecular formula is C28H27N5O3. The highest BCUT2D eigenvalue weighted by Crippen LogP contribution is 2.19. The fourth-order valence-corrected chi connectivity index (χ4v) is 4.22. The van der Waals surface area contributed by atoms with Gasteiger partial charge < -0.3 is 10.1 Å². The van der Waals surface area contributed by atoms with Crippen molar-refractivity contribution < 1.29 is 9.53 Å². The fraction of sp³-hybridized carbons (Fsp3) is 0.214. The Morgan fingerprint density at radius 3 is 2.58 bits per heavy atom. The molecule has 8 nitrogen and oxygen atoms in total. The van der Waals surface area contributed by atoms with Crippen LogP contribution in [-0.4, -0.2) is 37.9 Å². The number of carbonyl (C=O) groups excluding carboxylic acids is 1. The SMILES string of the molecule is CC(C)Oc1ccc(C(=O)NCCn2ncc3c(=O)n(Cc4cccc5ccccc45)cnc32)cc1. The van der Waals surface area contributed by atoms with Crippen molar-refractivity contribution >= 4 is 27.7 Å². The van der Waals surface area contributed by atoms with Crippen molar-refractivity contribution in [1.82, 2.24) is 24.6 Å². The molecule has 0 fully saturated rings. The van der Waals surface area contributed by atoms with Crippen molar-refractivity contribution in [2.24, 2.45) is 0 Å². The van der Waals surface area contributed by atoms with Crippen LogP contribution in [0.25, 0.3) is 21.8 Å². The third-order valence-corrected chi connectivity index (χ3v) is 5.94. The predicted octanol–water partition coefficient (Wildman–Crippen LogP) is 4.01. The number of amides is 1. The van der Waals surface area contributed by atoms with Gasteiger partial charge in [-0.3, -0.25) is 14.2 Å². The van der Waals surface area contributed by atoms with E-state index in [1.54, 1.807) is 46.0 Å². The molecule has 0 aliphatic rings. The minimum absolute atomic E-state index is 0.0736.